The van der Waals surface area contributed by atoms with Crippen LogP contribution in [0.5, 0.6) is 0 Å². The summed E-state index contributed by atoms with van der Waals surface area (Å²) in [5.74, 6) is 0.570. The fourth-order valence-electron chi connectivity index (χ4n) is 3.62. The van der Waals surface area contributed by atoms with Crippen LogP contribution in [0.3, 0.4) is 0 Å². The zero-order valence-electron chi connectivity index (χ0n) is 13.7. The van der Waals surface area contributed by atoms with Crippen molar-refractivity contribution in [3.63, 3.8) is 0 Å². The van der Waals surface area contributed by atoms with Crippen LogP contribution in [-0.2, 0) is 32.4 Å². The van der Waals surface area contributed by atoms with Crippen molar-refractivity contribution < 1.29 is 13.2 Å². The molecule has 2 aromatic rings. The molecule has 0 saturated carbocycles. The van der Waals surface area contributed by atoms with Gasteiger partial charge in [-0.25, -0.2) is 9.97 Å². The van der Waals surface area contributed by atoms with E-state index in [-0.39, 0.29) is 13.0 Å². The summed E-state index contributed by atoms with van der Waals surface area (Å²) < 4.78 is 40.7. The van der Waals surface area contributed by atoms with E-state index in [0.717, 1.165) is 42.8 Å². The average molecular weight is 352 g/mol. The number of anilines is 1. The Labute approximate surface area is 142 Å². The highest BCUT2D eigenvalue weighted by Crippen LogP contribution is 2.34. The van der Waals surface area contributed by atoms with Gasteiger partial charge in [0.2, 0.25) is 0 Å². The third kappa shape index (κ3) is 3.19. The van der Waals surface area contributed by atoms with Gasteiger partial charge in [-0.2, -0.15) is 13.2 Å². The van der Waals surface area contributed by atoms with Crippen molar-refractivity contribution in [2.75, 3.05) is 5.32 Å². The highest BCUT2D eigenvalue weighted by Gasteiger charge is 2.42. The molecular formula is C16H19F3N6. The first-order chi connectivity index (χ1) is 12.0. The summed E-state index contributed by atoms with van der Waals surface area (Å²) in [5, 5.41) is 11.4. The van der Waals surface area contributed by atoms with Crippen LogP contribution in [0.25, 0.3) is 0 Å². The summed E-state index contributed by atoms with van der Waals surface area (Å²) in [7, 11) is 0. The second-order valence-electron chi connectivity index (χ2n) is 6.63. The van der Waals surface area contributed by atoms with Gasteiger partial charge in [0, 0.05) is 24.2 Å². The summed E-state index contributed by atoms with van der Waals surface area (Å²) in [6, 6.07) is 0. The Balaban J connectivity index is 1.51. The zero-order chi connectivity index (χ0) is 17.4. The molecule has 6 nitrogen and oxygen atoms in total. The monoisotopic (exact) mass is 352 g/mol. The highest BCUT2D eigenvalue weighted by molar-refractivity contribution is 5.47. The van der Waals surface area contributed by atoms with E-state index in [1.165, 1.54) is 6.33 Å². The van der Waals surface area contributed by atoms with Crippen molar-refractivity contribution in [1.82, 2.24) is 24.7 Å². The molecule has 4 rings (SSSR count). The van der Waals surface area contributed by atoms with E-state index in [1.54, 1.807) is 4.57 Å². The Bertz CT molecular complexity index is 770. The highest BCUT2D eigenvalue weighted by atomic mass is 19.4. The van der Waals surface area contributed by atoms with Crippen molar-refractivity contribution in [1.29, 1.82) is 0 Å². The quantitative estimate of drug-likeness (QED) is 0.920. The number of rotatable bonds is 3. The summed E-state index contributed by atoms with van der Waals surface area (Å²) >= 11 is 0. The number of nitrogens with one attached hydrogen (secondary N) is 1. The van der Waals surface area contributed by atoms with E-state index in [2.05, 4.69) is 25.5 Å². The fourth-order valence-corrected chi connectivity index (χ4v) is 3.62. The van der Waals surface area contributed by atoms with Crippen molar-refractivity contribution in [2.24, 2.45) is 5.92 Å². The Morgan fingerprint density at radius 1 is 1.12 bits per heavy atom. The molecule has 2 aromatic heterocycles. The molecule has 0 unspecified atom stereocenters. The molecule has 0 bridgehead atoms. The normalized spacial score (nSPS) is 20.0. The first kappa shape index (κ1) is 16.3. The standard InChI is InChI=1S/C16H19F3N6/c17-16(18,19)10-5-6-13-23-24-14(25(13)8-10)7-20-15-11-3-1-2-4-12(11)21-9-22-15/h9-10H,1-8H2,(H,20,21,22)/t10-/m0/s1. The number of fused-ring (bicyclic) bond motifs is 2. The van der Waals surface area contributed by atoms with E-state index in [1.807, 2.05) is 0 Å². The van der Waals surface area contributed by atoms with Crippen LogP contribution in [-0.4, -0.2) is 30.9 Å². The predicted octanol–water partition coefficient (Wildman–Crippen LogP) is 2.68. The molecule has 134 valence electrons. The van der Waals surface area contributed by atoms with Crippen LogP contribution >= 0.6 is 0 Å². The summed E-state index contributed by atoms with van der Waals surface area (Å²) in [4.78, 5) is 8.62. The lowest BCUT2D eigenvalue weighted by molar-refractivity contribution is -0.182. The number of alkyl halides is 3. The largest absolute Gasteiger partial charge is 0.393 e. The first-order valence-corrected chi connectivity index (χ1v) is 8.56. The van der Waals surface area contributed by atoms with Crippen LogP contribution in [0.4, 0.5) is 19.0 Å². The molecule has 3 heterocycles. The van der Waals surface area contributed by atoms with Gasteiger partial charge in [-0.3, -0.25) is 0 Å². The molecule has 25 heavy (non-hydrogen) atoms. The molecule has 1 aliphatic heterocycles. The molecule has 0 saturated heterocycles. The van der Waals surface area contributed by atoms with Crippen molar-refractivity contribution in [2.45, 2.75) is 57.8 Å². The molecule has 0 amide bonds. The lowest BCUT2D eigenvalue weighted by Gasteiger charge is -2.26. The molecule has 0 aromatic carbocycles. The number of nitrogens with zero attached hydrogens (tertiary/aromatic N) is 5. The average Bonchev–Trinajstić information content (AvgIpc) is 3.01. The van der Waals surface area contributed by atoms with Gasteiger partial charge in [0.25, 0.3) is 0 Å². The summed E-state index contributed by atoms with van der Waals surface area (Å²) in [6.45, 7) is 0.200. The van der Waals surface area contributed by atoms with Gasteiger partial charge in [-0.15, -0.1) is 10.2 Å². The summed E-state index contributed by atoms with van der Waals surface area (Å²) in [5.41, 5.74) is 2.17. The van der Waals surface area contributed by atoms with E-state index in [9.17, 15) is 13.2 Å². The minimum absolute atomic E-state index is 0.0779. The molecular weight excluding hydrogens is 333 g/mol. The van der Waals surface area contributed by atoms with Crippen LogP contribution in [0.15, 0.2) is 6.33 Å². The van der Waals surface area contributed by atoms with Crippen LogP contribution in [0, 0.1) is 5.92 Å². The predicted molar refractivity (Wildman–Crippen MR) is 83.9 cm³/mol. The fraction of sp³-hybridized carbons (Fsp3) is 0.625. The third-order valence-electron chi connectivity index (χ3n) is 5.03. The van der Waals surface area contributed by atoms with Crippen LogP contribution in [0.1, 0.15) is 42.2 Å². The Hall–Kier alpha value is -2.19. The Morgan fingerprint density at radius 2 is 1.96 bits per heavy atom. The molecule has 0 spiro atoms. The van der Waals surface area contributed by atoms with Gasteiger partial charge in [0.1, 0.15) is 18.0 Å². The number of hydrogen-bond donors (Lipinski definition) is 1. The van der Waals surface area contributed by atoms with E-state index in [0.29, 0.717) is 24.6 Å². The molecule has 9 heteroatoms. The first-order valence-electron chi connectivity index (χ1n) is 8.56. The third-order valence-corrected chi connectivity index (χ3v) is 5.03. The zero-order valence-corrected chi connectivity index (χ0v) is 13.7. The van der Waals surface area contributed by atoms with Gasteiger partial charge in [-0.1, -0.05) is 0 Å². The van der Waals surface area contributed by atoms with Crippen molar-refractivity contribution >= 4 is 5.82 Å². The molecule has 0 fully saturated rings. The maximum Gasteiger partial charge on any atom is 0.393 e. The minimum Gasteiger partial charge on any atom is -0.362 e. The number of halogens is 3. The lowest BCUT2D eigenvalue weighted by atomic mass is 9.96. The molecule has 1 aliphatic carbocycles. The minimum atomic E-state index is -4.18. The van der Waals surface area contributed by atoms with Crippen LogP contribution in [0.2, 0.25) is 0 Å². The number of aryl methyl sites for hydroxylation is 2. The molecule has 1 N–H and O–H groups in total. The van der Waals surface area contributed by atoms with E-state index in [4.69, 9.17) is 0 Å². The van der Waals surface area contributed by atoms with Crippen molar-refractivity contribution in [3.8, 4) is 0 Å². The number of aromatic nitrogens is 5. The maximum atomic E-state index is 13.0. The summed E-state index contributed by atoms with van der Waals surface area (Å²) in [6.07, 6.45) is 1.83. The second-order valence-corrected chi connectivity index (χ2v) is 6.63. The van der Waals surface area contributed by atoms with Crippen LogP contribution < -0.4 is 5.32 Å². The Kier molecular flexibility index (Phi) is 4.09. The van der Waals surface area contributed by atoms with Gasteiger partial charge in [-0.05, 0) is 32.1 Å². The maximum absolute atomic E-state index is 13.0. The number of hydrogen-bond acceptors (Lipinski definition) is 5. The molecule has 0 radical (unpaired) electrons. The smallest absolute Gasteiger partial charge is 0.362 e. The lowest BCUT2D eigenvalue weighted by Crippen LogP contribution is -2.33. The van der Waals surface area contributed by atoms with Crippen molar-refractivity contribution in [3.05, 3.63) is 29.2 Å². The van der Waals surface area contributed by atoms with E-state index < -0.39 is 12.1 Å². The second kappa shape index (κ2) is 6.27. The van der Waals surface area contributed by atoms with Gasteiger partial charge in [0.15, 0.2) is 5.82 Å². The Morgan fingerprint density at radius 3 is 2.80 bits per heavy atom. The SMILES string of the molecule is FC(F)(F)[C@H]1CCc2nnc(CNc3ncnc4c3CCCC4)n2C1. The van der Waals surface area contributed by atoms with Gasteiger partial charge >= 0.3 is 6.18 Å². The van der Waals surface area contributed by atoms with E-state index >= 15 is 0 Å². The topological polar surface area (TPSA) is 68.5 Å². The molecule has 2 aliphatic rings. The molecule has 1 atom stereocenters. The van der Waals surface area contributed by atoms with Gasteiger partial charge < -0.3 is 9.88 Å². The van der Waals surface area contributed by atoms with Gasteiger partial charge in [0.05, 0.1) is 12.5 Å².